The third-order valence-corrected chi connectivity index (χ3v) is 3.72. The lowest BCUT2D eigenvalue weighted by molar-refractivity contribution is 0.344. The topological polar surface area (TPSA) is 15.3 Å². The van der Waals surface area contributed by atoms with Crippen molar-refractivity contribution in [2.24, 2.45) is 0 Å². The zero-order valence-corrected chi connectivity index (χ0v) is 11.5. The fourth-order valence-corrected chi connectivity index (χ4v) is 2.62. The highest BCUT2D eigenvalue weighted by Gasteiger charge is 2.13. The second-order valence-corrected chi connectivity index (χ2v) is 5.41. The van der Waals surface area contributed by atoms with Crippen molar-refractivity contribution in [3.63, 3.8) is 0 Å². The standard InChI is InChI=1S/C15H22F2N2/c1-19-7-2-3-15(5-8-19)18-6-4-12-9-13(16)11-14(17)10-12/h9-11,15,18H,2-8H2,1H3. The zero-order valence-electron chi connectivity index (χ0n) is 11.5. The molecule has 1 aliphatic rings. The number of rotatable bonds is 4. The van der Waals surface area contributed by atoms with Crippen LogP contribution in [0, 0.1) is 11.6 Å². The van der Waals surface area contributed by atoms with E-state index in [1.807, 2.05) is 0 Å². The first-order valence-corrected chi connectivity index (χ1v) is 7.00. The molecule has 19 heavy (non-hydrogen) atoms. The lowest BCUT2D eigenvalue weighted by atomic mass is 10.1. The molecule has 1 fully saturated rings. The van der Waals surface area contributed by atoms with E-state index >= 15 is 0 Å². The van der Waals surface area contributed by atoms with Crippen LogP contribution in [0.4, 0.5) is 8.78 Å². The molecule has 1 aromatic rings. The molecule has 1 N–H and O–H groups in total. The van der Waals surface area contributed by atoms with Gasteiger partial charge in [-0.1, -0.05) is 0 Å². The van der Waals surface area contributed by atoms with E-state index in [2.05, 4.69) is 17.3 Å². The molecule has 1 heterocycles. The first-order chi connectivity index (χ1) is 9.13. The van der Waals surface area contributed by atoms with Gasteiger partial charge in [0.15, 0.2) is 0 Å². The van der Waals surface area contributed by atoms with E-state index < -0.39 is 11.6 Å². The molecule has 2 nitrogen and oxygen atoms in total. The normalized spacial score (nSPS) is 21.3. The average Bonchev–Trinajstić information content (AvgIpc) is 2.53. The molecule has 0 bridgehead atoms. The molecule has 2 rings (SSSR count). The molecule has 1 aromatic carbocycles. The minimum atomic E-state index is -0.494. The second kappa shape index (κ2) is 6.96. The molecule has 0 radical (unpaired) electrons. The number of hydrogen-bond acceptors (Lipinski definition) is 2. The number of benzene rings is 1. The van der Waals surface area contributed by atoms with Gasteiger partial charge in [0.05, 0.1) is 0 Å². The van der Waals surface area contributed by atoms with Gasteiger partial charge in [-0.15, -0.1) is 0 Å². The highest BCUT2D eigenvalue weighted by molar-refractivity contribution is 5.18. The molecule has 1 saturated heterocycles. The Morgan fingerprint density at radius 1 is 1.16 bits per heavy atom. The van der Waals surface area contributed by atoms with Gasteiger partial charge < -0.3 is 10.2 Å². The quantitative estimate of drug-likeness (QED) is 0.903. The number of hydrogen-bond donors (Lipinski definition) is 1. The first kappa shape index (κ1) is 14.4. The van der Waals surface area contributed by atoms with Crippen LogP contribution < -0.4 is 5.32 Å². The van der Waals surface area contributed by atoms with Gasteiger partial charge in [0.2, 0.25) is 0 Å². The van der Waals surface area contributed by atoms with Gasteiger partial charge >= 0.3 is 0 Å². The Bertz CT molecular complexity index is 389. The van der Waals surface area contributed by atoms with E-state index in [-0.39, 0.29) is 0 Å². The van der Waals surface area contributed by atoms with Gasteiger partial charge in [0.1, 0.15) is 11.6 Å². The fraction of sp³-hybridized carbons (Fsp3) is 0.600. The SMILES string of the molecule is CN1CCCC(NCCc2cc(F)cc(F)c2)CC1. The monoisotopic (exact) mass is 268 g/mol. The Labute approximate surface area is 113 Å². The third-order valence-electron chi connectivity index (χ3n) is 3.72. The first-order valence-electron chi connectivity index (χ1n) is 7.00. The Kier molecular flexibility index (Phi) is 5.28. The molecule has 0 amide bonds. The molecule has 1 aliphatic heterocycles. The molecule has 106 valence electrons. The molecule has 0 aliphatic carbocycles. The lowest BCUT2D eigenvalue weighted by Gasteiger charge is -2.16. The van der Waals surface area contributed by atoms with Crippen LogP contribution in [-0.2, 0) is 6.42 Å². The molecular weight excluding hydrogens is 246 g/mol. The van der Waals surface area contributed by atoms with E-state index in [0.717, 1.165) is 37.7 Å². The lowest BCUT2D eigenvalue weighted by Crippen LogP contribution is -2.31. The van der Waals surface area contributed by atoms with Crippen LogP contribution in [-0.4, -0.2) is 37.6 Å². The summed E-state index contributed by atoms with van der Waals surface area (Å²) >= 11 is 0. The Hall–Kier alpha value is -1.00. The van der Waals surface area contributed by atoms with Crippen LogP contribution in [0.1, 0.15) is 24.8 Å². The van der Waals surface area contributed by atoms with Gasteiger partial charge in [0.25, 0.3) is 0 Å². The van der Waals surface area contributed by atoms with Crippen molar-refractivity contribution in [2.45, 2.75) is 31.7 Å². The summed E-state index contributed by atoms with van der Waals surface area (Å²) in [5, 5.41) is 3.50. The summed E-state index contributed by atoms with van der Waals surface area (Å²) in [4.78, 5) is 2.35. The molecule has 0 spiro atoms. The van der Waals surface area contributed by atoms with E-state index in [1.165, 1.54) is 25.0 Å². The minimum Gasteiger partial charge on any atom is -0.314 e. The maximum atomic E-state index is 13.0. The maximum Gasteiger partial charge on any atom is 0.126 e. The van der Waals surface area contributed by atoms with Gasteiger partial charge in [-0.05, 0) is 70.1 Å². The van der Waals surface area contributed by atoms with Crippen molar-refractivity contribution in [2.75, 3.05) is 26.7 Å². The molecule has 1 atom stereocenters. The Morgan fingerprint density at radius 3 is 2.63 bits per heavy atom. The summed E-state index contributed by atoms with van der Waals surface area (Å²) in [5.41, 5.74) is 0.718. The van der Waals surface area contributed by atoms with E-state index in [1.54, 1.807) is 0 Å². The van der Waals surface area contributed by atoms with Crippen molar-refractivity contribution in [1.29, 1.82) is 0 Å². The smallest absolute Gasteiger partial charge is 0.126 e. The zero-order chi connectivity index (χ0) is 13.7. The van der Waals surface area contributed by atoms with Gasteiger partial charge in [0, 0.05) is 12.1 Å². The molecule has 1 unspecified atom stereocenters. The Morgan fingerprint density at radius 2 is 1.89 bits per heavy atom. The van der Waals surface area contributed by atoms with Gasteiger partial charge in [-0.25, -0.2) is 8.78 Å². The number of nitrogens with one attached hydrogen (secondary N) is 1. The van der Waals surface area contributed by atoms with Crippen molar-refractivity contribution >= 4 is 0 Å². The number of halogens is 2. The van der Waals surface area contributed by atoms with Crippen molar-refractivity contribution in [1.82, 2.24) is 10.2 Å². The summed E-state index contributed by atoms with van der Waals surface area (Å²) in [5.74, 6) is -0.989. The van der Waals surface area contributed by atoms with Crippen LogP contribution in [0.5, 0.6) is 0 Å². The van der Waals surface area contributed by atoms with Crippen LogP contribution in [0.2, 0.25) is 0 Å². The van der Waals surface area contributed by atoms with E-state index in [4.69, 9.17) is 0 Å². The summed E-state index contributed by atoms with van der Waals surface area (Å²) in [6, 6.07) is 4.26. The number of nitrogens with zero attached hydrogens (tertiary/aromatic N) is 1. The minimum absolute atomic E-state index is 0.494. The largest absolute Gasteiger partial charge is 0.314 e. The highest BCUT2D eigenvalue weighted by atomic mass is 19.1. The van der Waals surface area contributed by atoms with Gasteiger partial charge in [-0.3, -0.25) is 0 Å². The fourth-order valence-electron chi connectivity index (χ4n) is 2.62. The van der Waals surface area contributed by atoms with Crippen LogP contribution in [0.15, 0.2) is 18.2 Å². The molecule has 0 saturated carbocycles. The Balaban J connectivity index is 1.76. The maximum absolute atomic E-state index is 13.0. The molecule has 0 aromatic heterocycles. The summed E-state index contributed by atoms with van der Waals surface area (Å²) < 4.78 is 26.1. The van der Waals surface area contributed by atoms with Crippen molar-refractivity contribution < 1.29 is 8.78 Å². The highest BCUT2D eigenvalue weighted by Crippen LogP contribution is 2.11. The van der Waals surface area contributed by atoms with Gasteiger partial charge in [-0.2, -0.15) is 0 Å². The van der Waals surface area contributed by atoms with E-state index in [9.17, 15) is 8.78 Å². The predicted molar refractivity (Wildman–Crippen MR) is 73.2 cm³/mol. The van der Waals surface area contributed by atoms with Crippen molar-refractivity contribution in [3.05, 3.63) is 35.4 Å². The molecular formula is C15H22F2N2. The second-order valence-electron chi connectivity index (χ2n) is 5.41. The van der Waals surface area contributed by atoms with E-state index in [0.29, 0.717) is 12.5 Å². The molecule has 4 heteroatoms. The summed E-state index contributed by atoms with van der Waals surface area (Å²) in [6.07, 6.45) is 4.21. The third kappa shape index (κ3) is 4.88. The van der Waals surface area contributed by atoms with Crippen molar-refractivity contribution in [3.8, 4) is 0 Å². The van der Waals surface area contributed by atoms with Crippen LogP contribution in [0.3, 0.4) is 0 Å². The average molecular weight is 268 g/mol. The van der Waals surface area contributed by atoms with Crippen LogP contribution in [0.25, 0.3) is 0 Å². The summed E-state index contributed by atoms with van der Waals surface area (Å²) in [7, 11) is 2.15. The predicted octanol–water partition coefficient (Wildman–Crippen LogP) is 2.58. The summed E-state index contributed by atoms with van der Waals surface area (Å²) in [6.45, 7) is 3.05. The number of likely N-dealkylation sites (tertiary alicyclic amines) is 1. The van der Waals surface area contributed by atoms with Crippen LogP contribution >= 0.6 is 0 Å².